The van der Waals surface area contributed by atoms with Gasteiger partial charge < -0.3 is 14.1 Å². The maximum atomic E-state index is 12.8. The summed E-state index contributed by atoms with van der Waals surface area (Å²) in [6, 6.07) is 28.4. The number of rotatable bonds is 5. The highest BCUT2D eigenvalue weighted by Gasteiger charge is 2.32. The highest BCUT2D eigenvalue weighted by atomic mass is 32.1. The highest BCUT2D eigenvalue weighted by Crippen LogP contribution is 2.39. The van der Waals surface area contributed by atoms with Gasteiger partial charge in [-0.05, 0) is 35.4 Å². The van der Waals surface area contributed by atoms with Gasteiger partial charge in [0.1, 0.15) is 5.58 Å². The van der Waals surface area contributed by atoms with E-state index in [0.29, 0.717) is 16.8 Å². The molecule has 0 spiro atoms. The van der Waals surface area contributed by atoms with E-state index in [1.807, 2.05) is 52.9 Å². The van der Waals surface area contributed by atoms with Crippen LogP contribution in [0.15, 0.2) is 105 Å². The lowest BCUT2D eigenvalue weighted by Gasteiger charge is -2.29. The Kier molecular flexibility index (Phi) is 6.19. The van der Waals surface area contributed by atoms with E-state index in [2.05, 4.69) is 41.3 Å². The second-order valence-corrected chi connectivity index (χ2v) is 10.5. The first kappa shape index (κ1) is 23.8. The van der Waals surface area contributed by atoms with Crippen molar-refractivity contribution < 1.29 is 9.15 Å². The van der Waals surface area contributed by atoms with Crippen LogP contribution >= 0.6 is 11.3 Å². The number of hydrazone groups is 1. The summed E-state index contributed by atoms with van der Waals surface area (Å²) in [5.74, 6) is 0. The molecule has 2 aliphatic rings. The van der Waals surface area contributed by atoms with Gasteiger partial charge in [-0.15, -0.1) is 11.3 Å². The zero-order valence-electron chi connectivity index (χ0n) is 21.2. The van der Waals surface area contributed by atoms with Crippen molar-refractivity contribution in [1.29, 1.82) is 0 Å². The summed E-state index contributed by atoms with van der Waals surface area (Å²) in [5, 5.41) is 10.6. The van der Waals surface area contributed by atoms with Crippen LogP contribution in [0.4, 0.5) is 10.8 Å². The van der Waals surface area contributed by atoms with Crippen molar-refractivity contribution >= 4 is 38.8 Å². The molecule has 2 aromatic heterocycles. The largest absolute Gasteiger partial charge is 0.422 e. The summed E-state index contributed by atoms with van der Waals surface area (Å²) >= 11 is 1.48. The van der Waals surface area contributed by atoms with Crippen LogP contribution in [0.5, 0.6) is 0 Å². The molecule has 0 saturated carbocycles. The zero-order chi connectivity index (χ0) is 26.2. The minimum atomic E-state index is -0.393. The van der Waals surface area contributed by atoms with Crippen molar-refractivity contribution in [2.45, 2.75) is 12.5 Å². The number of ether oxygens (including phenoxy) is 1. The van der Waals surface area contributed by atoms with Crippen LogP contribution in [0.1, 0.15) is 23.6 Å². The van der Waals surface area contributed by atoms with Crippen LogP contribution in [0.2, 0.25) is 0 Å². The number of thiazole rings is 1. The average molecular weight is 535 g/mol. The Hall–Kier alpha value is -4.27. The van der Waals surface area contributed by atoms with Gasteiger partial charge in [-0.2, -0.15) is 5.10 Å². The van der Waals surface area contributed by atoms with Crippen molar-refractivity contribution in [1.82, 2.24) is 4.98 Å². The Labute approximate surface area is 229 Å². The summed E-state index contributed by atoms with van der Waals surface area (Å²) < 4.78 is 11.1. The van der Waals surface area contributed by atoms with Crippen molar-refractivity contribution in [2.24, 2.45) is 5.10 Å². The number of aromatic nitrogens is 1. The molecular formula is C31H26N4O3S. The lowest BCUT2D eigenvalue weighted by atomic mass is 9.98. The molecule has 1 unspecified atom stereocenters. The first-order valence-corrected chi connectivity index (χ1v) is 13.9. The van der Waals surface area contributed by atoms with Crippen LogP contribution in [0, 0.1) is 0 Å². The molecule has 39 heavy (non-hydrogen) atoms. The van der Waals surface area contributed by atoms with Crippen LogP contribution in [0.25, 0.3) is 22.2 Å². The molecule has 0 aliphatic carbocycles. The van der Waals surface area contributed by atoms with Gasteiger partial charge in [0.15, 0.2) is 0 Å². The molecule has 0 radical (unpaired) electrons. The molecule has 194 valence electrons. The number of benzene rings is 3. The molecule has 0 amide bonds. The van der Waals surface area contributed by atoms with Crippen LogP contribution in [-0.2, 0) is 4.74 Å². The minimum Gasteiger partial charge on any atom is -0.422 e. The summed E-state index contributed by atoms with van der Waals surface area (Å²) in [7, 11) is 0. The number of anilines is 2. The van der Waals surface area contributed by atoms with Crippen molar-refractivity contribution in [3.05, 3.63) is 112 Å². The third-order valence-corrected chi connectivity index (χ3v) is 8.11. The Morgan fingerprint density at radius 1 is 0.897 bits per heavy atom. The molecule has 0 bridgehead atoms. The number of hydrogen-bond donors (Lipinski definition) is 0. The maximum absolute atomic E-state index is 12.8. The highest BCUT2D eigenvalue weighted by molar-refractivity contribution is 7.14. The molecule has 7 nitrogen and oxygen atoms in total. The van der Waals surface area contributed by atoms with Gasteiger partial charge in [0.05, 0.1) is 36.2 Å². The smallest absolute Gasteiger partial charge is 0.345 e. The maximum Gasteiger partial charge on any atom is 0.345 e. The average Bonchev–Trinajstić information content (AvgIpc) is 3.66. The van der Waals surface area contributed by atoms with E-state index in [4.69, 9.17) is 19.2 Å². The fourth-order valence-electron chi connectivity index (χ4n) is 5.21. The van der Waals surface area contributed by atoms with Gasteiger partial charge in [0.2, 0.25) is 5.13 Å². The zero-order valence-corrected chi connectivity index (χ0v) is 22.0. The second-order valence-electron chi connectivity index (χ2n) is 9.67. The SMILES string of the molecule is O=c1oc2ccccc2cc1-c1csc(N2N=C(c3ccccc3)CC2c2ccc(N3CCOCC3)cc2)n1. The van der Waals surface area contributed by atoms with E-state index < -0.39 is 5.63 Å². The quantitative estimate of drug-likeness (QED) is 0.254. The Balaban J connectivity index is 1.24. The normalized spacial score (nSPS) is 17.5. The molecule has 3 aromatic carbocycles. The summed E-state index contributed by atoms with van der Waals surface area (Å²) in [4.78, 5) is 20.0. The molecule has 0 N–H and O–H groups in total. The lowest BCUT2D eigenvalue weighted by Crippen LogP contribution is -2.36. The molecule has 4 heterocycles. The third kappa shape index (κ3) is 4.62. The third-order valence-electron chi connectivity index (χ3n) is 7.28. The van der Waals surface area contributed by atoms with Crippen molar-refractivity contribution in [3.8, 4) is 11.3 Å². The molecule has 5 aromatic rings. The van der Waals surface area contributed by atoms with Gasteiger partial charge in [-0.3, -0.25) is 0 Å². The van der Waals surface area contributed by atoms with E-state index in [0.717, 1.165) is 54.5 Å². The monoisotopic (exact) mass is 534 g/mol. The fraction of sp³-hybridized carbons (Fsp3) is 0.194. The summed E-state index contributed by atoms with van der Waals surface area (Å²) in [6.45, 7) is 3.32. The van der Waals surface area contributed by atoms with E-state index in [1.54, 1.807) is 6.07 Å². The molecule has 2 aliphatic heterocycles. The molecule has 8 heteroatoms. The summed E-state index contributed by atoms with van der Waals surface area (Å²) in [6.07, 6.45) is 0.758. The summed E-state index contributed by atoms with van der Waals surface area (Å²) in [5.41, 5.74) is 5.71. The topological polar surface area (TPSA) is 71.2 Å². The Bertz CT molecular complexity index is 1710. The van der Waals surface area contributed by atoms with E-state index in [9.17, 15) is 4.79 Å². The molecular weight excluding hydrogens is 508 g/mol. The van der Waals surface area contributed by atoms with Crippen LogP contribution in [0.3, 0.4) is 0 Å². The molecule has 1 saturated heterocycles. The first-order chi connectivity index (χ1) is 19.2. The van der Waals surface area contributed by atoms with Gasteiger partial charge >= 0.3 is 5.63 Å². The van der Waals surface area contributed by atoms with Gasteiger partial charge in [-0.1, -0.05) is 60.7 Å². The number of nitrogens with zero attached hydrogens (tertiary/aromatic N) is 4. The molecule has 7 rings (SSSR count). The van der Waals surface area contributed by atoms with Gasteiger partial charge in [0, 0.05) is 36.0 Å². The number of fused-ring (bicyclic) bond motifs is 1. The van der Waals surface area contributed by atoms with Crippen molar-refractivity contribution in [2.75, 3.05) is 36.2 Å². The lowest BCUT2D eigenvalue weighted by molar-refractivity contribution is 0.122. The van der Waals surface area contributed by atoms with E-state index in [1.165, 1.54) is 22.6 Å². The van der Waals surface area contributed by atoms with Crippen LogP contribution < -0.4 is 15.5 Å². The Morgan fingerprint density at radius 3 is 2.49 bits per heavy atom. The second kappa shape index (κ2) is 10.1. The van der Waals surface area contributed by atoms with Gasteiger partial charge in [0.25, 0.3) is 0 Å². The molecule has 1 atom stereocenters. The predicted octanol–water partition coefficient (Wildman–Crippen LogP) is 6.11. The minimum absolute atomic E-state index is 0.00837. The number of para-hydroxylation sites is 1. The van der Waals surface area contributed by atoms with E-state index in [-0.39, 0.29) is 6.04 Å². The predicted molar refractivity (Wildman–Crippen MR) is 156 cm³/mol. The van der Waals surface area contributed by atoms with Crippen LogP contribution in [-0.4, -0.2) is 37.0 Å². The number of morpholine rings is 1. The van der Waals surface area contributed by atoms with Crippen molar-refractivity contribution in [3.63, 3.8) is 0 Å². The number of hydrogen-bond acceptors (Lipinski definition) is 8. The Morgan fingerprint density at radius 2 is 1.67 bits per heavy atom. The van der Waals surface area contributed by atoms with Gasteiger partial charge in [-0.25, -0.2) is 14.8 Å². The van der Waals surface area contributed by atoms with E-state index >= 15 is 0 Å². The first-order valence-electron chi connectivity index (χ1n) is 13.1. The fourth-order valence-corrected chi connectivity index (χ4v) is 6.04. The standard InChI is InChI=1S/C31H26N4O3S/c36-30-25(18-23-8-4-5-9-29(23)38-30)27-20-39-31(32-27)35-28(19-26(33-35)21-6-2-1-3-7-21)22-10-12-24(13-11-22)34-14-16-37-17-15-34/h1-13,18,20,28H,14-17,19H2. The molecule has 1 fully saturated rings.